The van der Waals surface area contributed by atoms with Gasteiger partial charge in [0, 0.05) is 0 Å². The van der Waals surface area contributed by atoms with E-state index in [1.54, 1.807) is 0 Å². The van der Waals surface area contributed by atoms with Gasteiger partial charge >= 0.3 is 0 Å². The van der Waals surface area contributed by atoms with Gasteiger partial charge in [-0.2, -0.15) is 0 Å². The lowest BCUT2D eigenvalue weighted by atomic mass is 9.76. The lowest BCUT2D eigenvalue weighted by molar-refractivity contribution is 0.221. The maximum Gasteiger partial charge on any atom is -0.00209 e. The highest BCUT2D eigenvalue weighted by molar-refractivity contribution is 4.89. The van der Waals surface area contributed by atoms with Crippen LogP contribution in [0.4, 0.5) is 0 Å². The number of hydrogen-bond donors (Lipinski definition) is 1. The second-order valence-electron chi connectivity index (χ2n) is 4.86. The Morgan fingerprint density at radius 2 is 1.93 bits per heavy atom. The quantitative estimate of drug-likeness (QED) is 0.663. The van der Waals surface area contributed by atoms with Crippen molar-refractivity contribution in [2.45, 2.75) is 45.4 Å². The number of nitrogens with one attached hydrogen (secondary N) is 1. The van der Waals surface area contributed by atoms with Gasteiger partial charge in [0.2, 0.25) is 0 Å². The summed E-state index contributed by atoms with van der Waals surface area (Å²) in [4.78, 5) is 0. The van der Waals surface area contributed by atoms with Crippen LogP contribution in [0.15, 0.2) is 12.2 Å². The van der Waals surface area contributed by atoms with E-state index in [2.05, 4.69) is 25.9 Å². The summed E-state index contributed by atoms with van der Waals surface area (Å²) in [5.74, 6) is 1.88. The summed E-state index contributed by atoms with van der Waals surface area (Å²) in [5.41, 5.74) is 1.35. The average Bonchev–Trinajstić information content (AvgIpc) is 2.17. The van der Waals surface area contributed by atoms with Crippen LogP contribution in [0.1, 0.15) is 45.4 Å². The molecule has 0 aromatic heterocycles. The molecular weight excluding hydrogens is 170 g/mol. The van der Waals surface area contributed by atoms with E-state index in [1.165, 1.54) is 50.6 Å². The van der Waals surface area contributed by atoms with Crippen LogP contribution in [0, 0.1) is 11.8 Å². The first-order chi connectivity index (χ1) is 6.74. The maximum atomic E-state index is 3.99. The molecule has 0 aromatic rings. The minimum atomic E-state index is 0.924. The van der Waals surface area contributed by atoms with E-state index in [-0.39, 0.29) is 0 Å². The molecule has 2 unspecified atom stereocenters. The fourth-order valence-corrected chi connectivity index (χ4v) is 2.63. The van der Waals surface area contributed by atoms with Gasteiger partial charge in [0.15, 0.2) is 0 Å². The second kappa shape index (κ2) is 6.23. The first-order valence-corrected chi connectivity index (χ1v) is 6.03. The van der Waals surface area contributed by atoms with Crippen LogP contribution in [-0.2, 0) is 0 Å². The lowest BCUT2D eigenvalue weighted by Gasteiger charge is -2.31. The molecular formula is C13H25N. The molecule has 1 fully saturated rings. The fourth-order valence-electron chi connectivity index (χ4n) is 2.63. The molecule has 0 amide bonds. The minimum Gasteiger partial charge on any atom is -0.319 e. The highest BCUT2D eigenvalue weighted by Gasteiger charge is 2.23. The smallest absolute Gasteiger partial charge is 0.00209 e. The van der Waals surface area contributed by atoms with Gasteiger partial charge in [-0.3, -0.25) is 0 Å². The van der Waals surface area contributed by atoms with Gasteiger partial charge in [-0.1, -0.05) is 24.8 Å². The zero-order chi connectivity index (χ0) is 10.4. The third-order valence-corrected chi connectivity index (χ3v) is 3.47. The van der Waals surface area contributed by atoms with Crippen molar-refractivity contribution in [3.63, 3.8) is 0 Å². The van der Waals surface area contributed by atoms with Crippen LogP contribution in [0.25, 0.3) is 0 Å². The zero-order valence-corrected chi connectivity index (χ0v) is 9.81. The minimum absolute atomic E-state index is 0.924. The molecule has 82 valence electrons. The van der Waals surface area contributed by atoms with E-state index in [9.17, 15) is 0 Å². The molecule has 0 aliphatic heterocycles. The van der Waals surface area contributed by atoms with Crippen molar-refractivity contribution in [1.29, 1.82) is 0 Å². The molecule has 1 nitrogen and oxygen atoms in total. The van der Waals surface area contributed by atoms with E-state index >= 15 is 0 Å². The molecule has 0 aromatic carbocycles. The van der Waals surface area contributed by atoms with Crippen LogP contribution in [0.2, 0.25) is 0 Å². The molecule has 0 spiro atoms. The Balaban J connectivity index is 2.33. The highest BCUT2D eigenvalue weighted by atomic mass is 14.8. The summed E-state index contributed by atoms with van der Waals surface area (Å²) in [7, 11) is 2.07. The molecule has 1 rings (SSSR count). The number of allylic oxidation sites excluding steroid dienone is 1. The molecule has 0 saturated heterocycles. The molecule has 1 heteroatoms. The number of hydrogen-bond acceptors (Lipinski definition) is 1. The summed E-state index contributed by atoms with van der Waals surface area (Å²) in [5, 5.41) is 3.33. The average molecular weight is 195 g/mol. The molecule has 0 bridgehead atoms. The van der Waals surface area contributed by atoms with E-state index in [4.69, 9.17) is 0 Å². The summed E-state index contributed by atoms with van der Waals surface area (Å²) < 4.78 is 0. The van der Waals surface area contributed by atoms with Crippen molar-refractivity contribution in [2.24, 2.45) is 11.8 Å². The van der Waals surface area contributed by atoms with Crippen LogP contribution in [0.5, 0.6) is 0 Å². The van der Waals surface area contributed by atoms with Crippen molar-refractivity contribution in [3.8, 4) is 0 Å². The fraction of sp³-hybridized carbons (Fsp3) is 0.846. The van der Waals surface area contributed by atoms with Gasteiger partial charge in [0.05, 0.1) is 0 Å². The van der Waals surface area contributed by atoms with Crippen LogP contribution >= 0.6 is 0 Å². The molecule has 1 N–H and O–H groups in total. The topological polar surface area (TPSA) is 12.0 Å². The Morgan fingerprint density at radius 1 is 1.29 bits per heavy atom. The van der Waals surface area contributed by atoms with Gasteiger partial charge in [-0.25, -0.2) is 0 Å². The molecule has 14 heavy (non-hydrogen) atoms. The summed E-state index contributed by atoms with van der Waals surface area (Å²) in [6.45, 7) is 7.35. The Hall–Kier alpha value is -0.300. The predicted octanol–water partition coefficient (Wildman–Crippen LogP) is 3.37. The molecule has 1 aliphatic rings. The Bertz CT molecular complexity index is 172. The maximum absolute atomic E-state index is 3.99. The summed E-state index contributed by atoms with van der Waals surface area (Å²) >= 11 is 0. The van der Waals surface area contributed by atoms with Crippen LogP contribution < -0.4 is 5.32 Å². The van der Waals surface area contributed by atoms with Crippen molar-refractivity contribution in [2.75, 3.05) is 13.6 Å². The number of rotatable bonds is 5. The van der Waals surface area contributed by atoms with E-state index in [0.29, 0.717) is 0 Å². The monoisotopic (exact) mass is 195 g/mol. The highest BCUT2D eigenvalue weighted by Crippen LogP contribution is 2.33. The molecule has 0 heterocycles. The molecule has 1 aliphatic carbocycles. The van der Waals surface area contributed by atoms with Gasteiger partial charge in [-0.15, -0.1) is 6.58 Å². The van der Waals surface area contributed by atoms with Gasteiger partial charge in [0.1, 0.15) is 0 Å². The van der Waals surface area contributed by atoms with Crippen molar-refractivity contribution in [3.05, 3.63) is 12.2 Å². The summed E-state index contributed by atoms with van der Waals surface area (Å²) in [6.07, 6.45) is 8.35. The first kappa shape index (κ1) is 11.8. The second-order valence-corrected chi connectivity index (χ2v) is 4.86. The molecule has 0 radical (unpaired) electrons. The lowest BCUT2D eigenvalue weighted by Crippen LogP contribution is -2.28. The molecule has 1 saturated carbocycles. The standard InChI is InChI=1S/C13H25N/c1-11(2)8-9-12-6-4-5-7-13(12)10-14-3/h12-14H,1,4-10H2,2-3H3. The Morgan fingerprint density at radius 3 is 2.50 bits per heavy atom. The van der Waals surface area contributed by atoms with Gasteiger partial charge in [-0.05, 0) is 51.6 Å². The third-order valence-electron chi connectivity index (χ3n) is 3.47. The Labute approximate surface area is 89.0 Å². The van der Waals surface area contributed by atoms with E-state index in [0.717, 1.165) is 11.8 Å². The summed E-state index contributed by atoms with van der Waals surface area (Å²) in [6, 6.07) is 0. The normalized spacial score (nSPS) is 27.6. The van der Waals surface area contributed by atoms with Crippen molar-refractivity contribution in [1.82, 2.24) is 5.32 Å². The third kappa shape index (κ3) is 3.83. The van der Waals surface area contributed by atoms with Crippen LogP contribution in [-0.4, -0.2) is 13.6 Å². The van der Waals surface area contributed by atoms with E-state index in [1.807, 2.05) is 0 Å². The van der Waals surface area contributed by atoms with Crippen LogP contribution in [0.3, 0.4) is 0 Å². The van der Waals surface area contributed by atoms with Crippen molar-refractivity contribution < 1.29 is 0 Å². The Kier molecular flexibility index (Phi) is 5.24. The molecule has 2 atom stereocenters. The van der Waals surface area contributed by atoms with E-state index < -0.39 is 0 Å². The SMILES string of the molecule is C=C(C)CCC1CCCCC1CNC. The van der Waals surface area contributed by atoms with Gasteiger partial charge in [0.25, 0.3) is 0 Å². The predicted molar refractivity (Wildman–Crippen MR) is 63.4 cm³/mol. The zero-order valence-electron chi connectivity index (χ0n) is 9.81. The largest absolute Gasteiger partial charge is 0.319 e. The van der Waals surface area contributed by atoms with Gasteiger partial charge < -0.3 is 5.32 Å². The first-order valence-electron chi connectivity index (χ1n) is 6.03. The van der Waals surface area contributed by atoms with Crippen molar-refractivity contribution >= 4 is 0 Å².